The summed E-state index contributed by atoms with van der Waals surface area (Å²) in [5.74, 6) is 0. The monoisotopic (exact) mass is 348 g/mol. The summed E-state index contributed by atoms with van der Waals surface area (Å²) in [6.07, 6.45) is 0. The fraction of sp³-hybridized carbons (Fsp3) is 0.182. The summed E-state index contributed by atoms with van der Waals surface area (Å²) in [4.78, 5) is 5.92. The van der Waals surface area contributed by atoms with Crippen LogP contribution in [0.4, 0.5) is 0 Å². The van der Waals surface area contributed by atoms with Gasteiger partial charge in [-0.3, -0.25) is 4.58 Å². The fourth-order valence-electron chi connectivity index (χ4n) is 2.85. The van der Waals surface area contributed by atoms with Crippen molar-refractivity contribution in [3.05, 3.63) is 91.0 Å². The molecular formula is C22H24O2Si. The molecule has 0 aliphatic heterocycles. The van der Waals surface area contributed by atoms with Gasteiger partial charge in [-0.2, -0.15) is 0 Å². The van der Waals surface area contributed by atoms with Crippen LogP contribution in [0, 0.1) is 0 Å². The second kappa shape index (κ2) is 7.36. The molecule has 0 bridgehead atoms. The van der Waals surface area contributed by atoms with Crippen LogP contribution in [0.1, 0.15) is 20.8 Å². The van der Waals surface area contributed by atoms with Crippen molar-refractivity contribution in [1.29, 1.82) is 0 Å². The Balaban J connectivity index is 2.24. The molecule has 0 atom stereocenters. The van der Waals surface area contributed by atoms with E-state index in [4.69, 9.17) is 9.46 Å². The molecule has 0 N–H and O–H groups in total. The maximum absolute atomic E-state index is 6.39. The zero-order chi connectivity index (χ0) is 17.8. The highest BCUT2D eigenvalue weighted by Crippen LogP contribution is 2.15. The molecule has 128 valence electrons. The van der Waals surface area contributed by atoms with Crippen LogP contribution in [0.2, 0.25) is 0 Å². The summed E-state index contributed by atoms with van der Waals surface area (Å²) in [6, 6.07) is 31.3. The highest BCUT2D eigenvalue weighted by atomic mass is 28.4. The number of benzene rings is 3. The number of rotatable bonds is 5. The first kappa shape index (κ1) is 17.6. The van der Waals surface area contributed by atoms with E-state index in [0.29, 0.717) is 0 Å². The number of hydrogen-bond donors (Lipinski definition) is 0. The topological polar surface area (TPSA) is 18.5 Å². The van der Waals surface area contributed by atoms with Crippen LogP contribution in [0.15, 0.2) is 91.0 Å². The molecule has 0 radical (unpaired) electrons. The zero-order valence-corrected chi connectivity index (χ0v) is 16.0. The van der Waals surface area contributed by atoms with Crippen LogP contribution in [-0.4, -0.2) is 13.9 Å². The van der Waals surface area contributed by atoms with Crippen molar-refractivity contribution < 1.29 is 9.46 Å². The molecular weight excluding hydrogens is 324 g/mol. The second-order valence-electron chi connectivity index (χ2n) is 7.06. The fourth-order valence-corrected chi connectivity index (χ4v) is 6.50. The Morgan fingerprint density at radius 1 is 0.560 bits per heavy atom. The van der Waals surface area contributed by atoms with E-state index in [9.17, 15) is 0 Å². The standard InChI is InChI=1S/C22H24O2Si/c1-22(2,3)23-24-25(19-13-7-4-8-14-19,20-15-9-5-10-16-20)21-17-11-6-12-18-21/h4-18H,1-3H3. The Morgan fingerprint density at radius 2 is 0.880 bits per heavy atom. The van der Waals surface area contributed by atoms with Crippen molar-refractivity contribution in [2.24, 2.45) is 0 Å². The molecule has 3 aromatic carbocycles. The van der Waals surface area contributed by atoms with Crippen LogP contribution in [0.25, 0.3) is 0 Å². The molecule has 0 saturated heterocycles. The highest BCUT2D eigenvalue weighted by Gasteiger charge is 2.44. The first-order valence-corrected chi connectivity index (χ1v) is 10.5. The molecule has 3 heteroatoms. The van der Waals surface area contributed by atoms with Crippen molar-refractivity contribution in [2.75, 3.05) is 0 Å². The van der Waals surface area contributed by atoms with Gasteiger partial charge in [-0.15, -0.1) is 0 Å². The summed E-state index contributed by atoms with van der Waals surface area (Å²) in [6.45, 7) is 6.02. The molecule has 0 amide bonds. The van der Waals surface area contributed by atoms with E-state index >= 15 is 0 Å². The van der Waals surface area contributed by atoms with Gasteiger partial charge in [0.05, 0.1) is 5.60 Å². The number of hydrogen-bond acceptors (Lipinski definition) is 2. The van der Waals surface area contributed by atoms with Crippen molar-refractivity contribution >= 4 is 23.9 Å². The molecule has 3 rings (SSSR count). The Morgan fingerprint density at radius 3 is 1.16 bits per heavy atom. The van der Waals surface area contributed by atoms with Gasteiger partial charge in [0.15, 0.2) is 0 Å². The van der Waals surface area contributed by atoms with Crippen LogP contribution >= 0.6 is 0 Å². The molecule has 3 aromatic rings. The van der Waals surface area contributed by atoms with Gasteiger partial charge in [0, 0.05) is 0 Å². The summed E-state index contributed by atoms with van der Waals surface area (Å²) < 4.78 is 6.39. The Kier molecular flexibility index (Phi) is 5.18. The zero-order valence-electron chi connectivity index (χ0n) is 15.0. The SMILES string of the molecule is CC(C)(C)OO[Si](c1ccccc1)(c1ccccc1)c1ccccc1. The summed E-state index contributed by atoms with van der Waals surface area (Å²) in [5.41, 5.74) is -0.392. The summed E-state index contributed by atoms with van der Waals surface area (Å²) >= 11 is 0. The lowest BCUT2D eigenvalue weighted by molar-refractivity contribution is -0.281. The summed E-state index contributed by atoms with van der Waals surface area (Å²) in [7, 11) is -2.76. The third kappa shape index (κ3) is 3.90. The smallest absolute Gasteiger partial charge is 0.269 e. The average Bonchev–Trinajstić information content (AvgIpc) is 2.64. The molecule has 0 fully saturated rings. The van der Waals surface area contributed by atoms with Crippen LogP contribution < -0.4 is 15.6 Å². The maximum Gasteiger partial charge on any atom is 0.331 e. The van der Waals surface area contributed by atoms with E-state index in [1.54, 1.807) is 0 Å². The molecule has 25 heavy (non-hydrogen) atoms. The molecule has 2 nitrogen and oxygen atoms in total. The Hall–Kier alpha value is -2.20. The van der Waals surface area contributed by atoms with Gasteiger partial charge < -0.3 is 0 Å². The predicted octanol–water partition coefficient (Wildman–Crippen LogP) is 3.40. The maximum atomic E-state index is 6.39. The van der Waals surface area contributed by atoms with E-state index in [0.717, 1.165) is 15.6 Å². The van der Waals surface area contributed by atoms with Crippen LogP contribution in [0.3, 0.4) is 0 Å². The second-order valence-corrected chi connectivity index (χ2v) is 10.3. The van der Waals surface area contributed by atoms with Crippen molar-refractivity contribution in [3.8, 4) is 0 Å². The van der Waals surface area contributed by atoms with E-state index in [2.05, 4.69) is 72.8 Å². The third-order valence-electron chi connectivity index (χ3n) is 3.96. The van der Waals surface area contributed by atoms with Crippen molar-refractivity contribution in [2.45, 2.75) is 26.4 Å². The Bertz CT molecular complexity index is 684. The lowest BCUT2D eigenvalue weighted by Gasteiger charge is -2.34. The van der Waals surface area contributed by atoms with Gasteiger partial charge in [-0.05, 0) is 36.3 Å². The van der Waals surface area contributed by atoms with E-state index < -0.39 is 13.9 Å². The molecule has 0 unspecified atom stereocenters. The van der Waals surface area contributed by atoms with Gasteiger partial charge in [0.25, 0.3) is 0 Å². The lowest BCUT2D eigenvalue weighted by Crippen LogP contribution is -2.69. The summed E-state index contributed by atoms with van der Waals surface area (Å²) in [5, 5.41) is 3.49. The van der Waals surface area contributed by atoms with Gasteiger partial charge in [-0.1, -0.05) is 91.0 Å². The molecule has 0 aliphatic rings. The van der Waals surface area contributed by atoms with Gasteiger partial charge in [0.1, 0.15) is 0 Å². The minimum atomic E-state index is -2.76. The minimum absolute atomic E-state index is 0.392. The van der Waals surface area contributed by atoms with E-state index in [-0.39, 0.29) is 0 Å². The molecule has 0 aliphatic carbocycles. The van der Waals surface area contributed by atoms with Crippen LogP contribution in [-0.2, 0) is 9.46 Å². The molecule has 0 heterocycles. The first-order chi connectivity index (χ1) is 12.0. The predicted molar refractivity (Wildman–Crippen MR) is 106 cm³/mol. The van der Waals surface area contributed by atoms with Gasteiger partial charge in [-0.25, -0.2) is 4.89 Å². The van der Waals surface area contributed by atoms with E-state index in [1.807, 2.05) is 39.0 Å². The molecule has 0 aromatic heterocycles. The minimum Gasteiger partial charge on any atom is -0.269 e. The Labute approximate surface area is 151 Å². The third-order valence-corrected chi connectivity index (χ3v) is 7.73. The van der Waals surface area contributed by atoms with Crippen molar-refractivity contribution in [1.82, 2.24) is 0 Å². The van der Waals surface area contributed by atoms with Crippen molar-refractivity contribution in [3.63, 3.8) is 0 Å². The van der Waals surface area contributed by atoms with Gasteiger partial charge in [0.2, 0.25) is 0 Å². The normalized spacial score (nSPS) is 12.1. The highest BCUT2D eigenvalue weighted by molar-refractivity contribution is 7.07. The average molecular weight is 349 g/mol. The largest absolute Gasteiger partial charge is 0.331 e. The molecule has 0 saturated carbocycles. The lowest BCUT2D eigenvalue weighted by atomic mass is 10.2. The first-order valence-electron chi connectivity index (χ1n) is 8.56. The van der Waals surface area contributed by atoms with Crippen LogP contribution in [0.5, 0.6) is 0 Å². The molecule has 0 spiro atoms. The van der Waals surface area contributed by atoms with E-state index in [1.165, 1.54) is 0 Å². The quantitative estimate of drug-likeness (QED) is 0.304. The van der Waals surface area contributed by atoms with Gasteiger partial charge >= 0.3 is 8.32 Å².